The lowest BCUT2D eigenvalue weighted by Crippen LogP contribution is -2.16. The first-order valence-electron chi connectivity index (χ1n) is 6.63. The second-order valence-corrected chi connectivity index (χ2v) is 4.92. The number of carbonyl (C=O) groups is 1. The van der Waals surface area contributed by atoms with Gasteiger partial charge in [0.15, 0.2) is 5.78 Å². The fourth-order valence-electron chi connectivity index (χ4n) is 1.93. The molecule has 0 bridgehead atoms. The lowest BCUT2D eigenvalue weighted by molar-refractivity contribution is -0.112. The average Bonchev–Trinajstić information content (AvgIpc) is 2.33. The van der Waals surface area contributed by atoms with Crippen molar-refractivity contribution in [2.75, 3.05) is 13.1 Å². The van der Waals surface area contributed by atoms with Crippen molar-refractivity contribution in [1.82, 2.24) is 5.32 Å². The van der Waals surface area contributed by atoms with Crippen LogP contribution in [0.2, 0.25) is 0 Å². The van der Waals surface area contributed by atoms with Crippen LogP contribution in [0, 0.1) is 13.8 Å². The van der Waals surface area contributed by atoms with Crippen molar-refractivity contribution >= 4 is 12.0 Å². The maximum atomic E-state index is 10.9. The number of benzene rings is 1. The van der Waals surface area contributed by atoms with Gasteiger partial charge in [0.25, 0.3) is 0 Å². The zero-order valence-corrected chi connectivity index (χ0v) is 12.5. The Balaban J connectivity index is 2.52. The molecule has 0 radical (unpaired) electrons. The molecule has 2 N–H and O–H groups in total. The Bertz CT molecular complexity index is 546. The third-order valence-corrected chi connectivity index (χ3v) is 2.77. The molecule has 4 nitrogen and oxygen atoms in total. The summed E-state index contributed by atoms with van der Waals surface area (Å²) in [5.41, 5.74) is 3.52. The van der Waals surface area contributed by atoms with Crippen molar-refractivity contribution in [3.8, 4) is 5.75 Å². The van der Waals surface area contributed by atoms with Crippen molar-refractivity contribution in [3.63, 3.8) is 0 Å². The molecule has 0 spiro atoms. The third-order valence-electron chi connectivity index (χ3n) is 2.77. The van der Waals surface area contributed by atoms with E-state index in [1.54, 1.807) is 12.3 Å². The molecule has 0 atom stereocenters. The van der Waals surface area contributed by atoms with E-state index in [0.717, 1.165) is 22.4 Å². The summed E-state index contributed by atoms with van der Waals surface area (Å²) in [5.74, 6) is 0.304. The number of aromatic hydroxyl groups is 1. The van der Waals surface area contributed by atoms with Gasteiger partial charge in [-0.25, -0.2) is 0 Å². The van der Waals surface area contributed by atoms with Crippen LogP contribution in [-0.2, 0) is 4.79 Å². The minimum absolute atomic E-state index is 0.0265. The summed E-state index contributed by atoms with van der Waals surface area (Å²) in [5, 5.41) is 13.0. The number of rotatable bonds is 6. The highest BCUT2D eigenvalue weighted by Crippen LogP contribution is 2.21. The van der Waals surface area contributed by atoms with Crippen LogP contribution in [0.4, 0.5) is 0 Å². The Morgan fingerprint density at radius 3 is 2.70 bits per heavy atom. The van der Waals surface area contributed by atoms with E-state index in [-0.39, 0.29) is 11.5 Å². The molecule has 20 heavy (non-hydrogen) atoms. The number of aliphatic imine (C=N–C) groups is 1. The second-order valence-electron chi connectivity index (χ2n) is 4.92. The predicted molar refractivity (Wildman–Crippen MR) is 82.5 cm³/mol. The van der Waals surface area contributed by atoms with Crippen molar-refractivity contribution in [2.24, 2.45) is 4.99 Å². The lowest BCUT2D eigenvalue weighted by atomic mass is 10.1. The summed E-state index contributed by atoms with van der Waals surface area (Å²) in [6.45, 7) is 8.46. The number of ketones is 1. The maximum absolute atomic E-state index is 10.9. The number of nitrogens with one attached hydrogen (secondary N) is 1. The molecule has 1 aromatic rings. The van der Waals surface area contributed by atoms with Crippen molar-refractivity contribution < 1.29 is 9.90 Å². The number of aryl methyl sites for hydroxylation is 2. The second kappa shape index (κ2) is 7.48. The molecule has 0 aromatic heterocycles. The van der Waals surface area contributed by atoms with Crippen molar-refractivity contribution in [2.45, 2.75) is 27.7 Å². The molecule has 0 saturated carbocycles. The molecule has 0 heterocycles. The largest absolute Gasteiger partial charge is 0.507 e. The van der Waals surface area contributed by atoms with E-state index in [1.165, 1.54) is 6.92 Å². The van der Waals surface area contributed by atoms with Gasteiger partial charge in [0.1, 0.15) is 5.75 Å². The van der Waals surface area contributed by atoms with Gasteiger partial charge in [-0.3, -0.25) is 9.79 Å². The Labute approximate surface area is 120 Å². The van der Waals surface area contributed by atoms with Gasteiger partial charge in [0.2, 0.25) is 0 Å². The highest BCUT2D eigenvalue weighted by molar-refractivity contribution is 5.87. The van der Waals surface area contributed by atoms with Gasteiger partial charge in [0.05, 0.1) is 6.54 Å². The molecular weight excluding hydrogens is 252 g/mol. The monoisotopic (exact) mass is 274 g/mol. The van der Waals surface area contributed by atoms with Crippen LogP contribution in [0.25, 0.3) is 0 Å². The molecule has 108 valence electrons. The number of carbonyl (C=O) groups excluding carboxylic acids is 1. The summed E-state index contributed by atoms with van der Waals surface area (Å²) in [6, 6.07) is 3.84. The Kier molecular flexibility index (Phi) is 5.97. The zero-order chi connectivity index (χ0) is 15.1. The summed E-state index contributed by atoms with van der Waals surface area (Å²) in [4.78, 5) is 15.1. The first-order valence-corrected chi connectivity index (χ1v) is 6.63. The van der Waals surface area contributed by atoms with Gasteiger partial charge in [-0.2, -0.15) is 0 Å². The van der Waals surface area contributed by atoms with E-state index < -0.39 is 0 Å². The number of allylic oxidation sites excluding steroid dienone is 2. The summed E-state index contributed by atoms with van der Waals surface area (Å²) >= 11 is 0. The van der Waals surface area contributed by atoms with E-state index in [9.17, 15) is 9.90 Å². The van der Waals surface area contributed by atoms with Crippen molar-refractivity contribution in [1.29, 1.82) is 0 Å². The minimum atomic E-state index is 0.0265. The van der Waals surface area contributed by atoms with Crippen LogP contribution in [0.3, 0.4) is 0 Å². The Morgan fingerprint density at radius 2 is 2.05 bits per heavy atom. The standard InChI is InChI=1S/C16H22N2O2/c1-11-7-12(2)16(20)15(8-11)10-17-5-6-18-13(3)9-14(4)19/h7-10,18,20H,5-6H2,1-4H3/b13-9+,17-10?. The molecule has 1 rings (SSSR count). The van der Waals surface area contributed by atoms with Crippen LogP contribution in [0.15, 0.2) is 28.9 Å². The third kappa shape index (κ3) is 5.26. The molecule has 4 heteroatoms. The summed E-state index contributed by atoms with van der Waals surface area (Å²) in [6.07, 6.45) is 3.24. The lowest BCUT2D eigenvalue weighted by Gasteiger charge is -2.05. The molecule has 0 aliphatic carbocycles. The first kappa shape index (κ1) is 16.0. The predicted octanol–water partition coefficient (Wildman–Crippen LogP) is 2.51. The van der Waals surface area contributed by atoms with Crippen LogP contribution < -0.4 is 5.32 Å². The fraction of sp³-hybridized carbons (Fsp3) is 0.375. The first-order chi connectivity index (χ1) is 9.40. The molecule has 0 saturated heterocycles. The molecule has 0 aliphatic heterocycles. The molecular formula is C16H22N2O2. The van der Waals surface area contributed by atoms with Gasteiger partial charge >= 0.3 is 0 Å². The smallest absolute Gasteiger partial charge is 0.154 e. The van der Waals surface area contributed by atoms with Gasteiger partial charge < -0.3 is 10.4 Å². The number of hydrogen-bond acceptors (Lipinski definition) is 4. The summed E-state index contributed by atoms with van der Waals surface area (Å²) in [7, 11) is 0. The molecule has 0 amide bonds. The number of phenols is 1. The Hall–Kier alpha value is -2.10. The highest BCUT2D eigenvalue weighted by atomic mass is 16.3. The quantitative estimate of drug-likeness (QED) is 0.476. The topological polar surface area (TPSA) is 61.7 Å². The fourth-order valence-corrected chi connectivity index (χ4v) is 1.93. The van der Waals surface area contributed by atoms with E-state index in [1.807, 2.05) is 32.9 Å². The van der Waals surface area contributed by atoms with E-state index in [4.69, 9.17) is 0 Å². The molecule has 1 aromatic carbocycles. The van der Waals surface area contributed by atoms with Gasteiger partial charge in [-0.05, 0) is 51.0 Å². The van der Waals surface area contributed by atoms with Crippen LogP contribution in [-0.4, -0.2) is 30.2 Å². The normalized spacial score (nSPS) is 11.9. The van der Waals surface area contributed by atoms with E-state index in [0.29, 0.717) is 13.1 Å². The van der Waals surface area contributed by atoms with E-state index >= 15 is 0 Å². The van der Waals surface area contributed by atoms with Gasteiger partial charge in [-0.1, -0.05) is 6.07 Å². The highest BCUT2D eigenvalue weighted by Gasteiger charge is 2.02. The SMILES string of the molecule is CC(=O)/C=C(\C)NCCN=Cc1cc(C)cc(C)c1O. The van der Waals surface area contributed by atoms with Gasteiger partial charge in [0, 0.05) is 24.0 Å². The Morgan fingerprint density at radius 1 is 1.35 bits per heavy atom. The number of phenolic OH excluding ortho intramolecular Hbond substituents is 1. The van der Waals surface area contributed by atoms with Crippen LogP contribution in [0.1, 0.15) is 30.5 Å². The maximum Gasteiger partial charge on any atom is 0.154 e. The minimum Gasteiger partial charge on any atom is -0.507 e. The number of nitrogens with zero attached hydrogens (tertiary/aromatic N) is 1. The molecule has 0 fully saturated rings. The zero-order valence-electron chi connectivity index (χ0n) is 12.5. The van der Waals surface area contributed by atoms with E-state index in [2.05, 4.69) is 10.3 Å². The number of hydrogen-bond donors (Lipinski definition) is 2. The summed E-state index contributed by atoms with van der Waals surface area (Å²) < 4.78 is 0. The average molecular weight is 274 g/mol. The molecule has 0 aliphatic rings. The van der Waals surface area contributed by atoms with Crippen LogP contribution in [0.5, 0.6) is 5.75 Å². The molecule has 0 unspecified atom stereocenters. The van der Waals surface area contributed by atoms with Crippen LogP contribution >= 0.6 is 0 Å². The van der Waals surface area contributed by atoms with Crippen molar-refractivity contribution in [3.05, 3.63) is 40.6 Å². The van der Waals surface area contributed by atoms with Gasteiger partial charge in [-0.15, -0.1) is 0 Å².